The molecule has 0 saturated carbocycles. The molecule has 1 aromatic carbocycles. The van der Waals surface area contributed by atoms with E-state index in [2.05, 4.69) is 0 Å². The zero-order valence-electron chi connectivity index (χ0n) is 18.4. The lowest BCUT2D eigenvalue weighted by molar-refractivity contribution is -0.129. The first kappa shape index (κ1) is 23.4. The third-order valence-electron chi connectivity index (χ3n) is 6.05. The summed E-state index contributed by atoms with van der Waals surface area (Å²) in [7, 11) is 0. The minimum Gasteiger partial charge on any atom is -0.463 e. The van der Waals surface area contributed by atoms with Gasteiger partial charge in [-0.1, -0.05) is 0 Å². The normalized spacial score (nSPS) is 13.1. The first-order valence-electron chi connectivity index (χ1n) is 10.7. The van der Waals surface area contributed by atoms with Crippen LogP contribution in [0.2, 0.25) is 0 Å². The van der Waals surface area contributed by atoms with E-state index in [0.29, 0.717) is 40.2 Å². The van der Waals surface area contributed by atoms with Crippen LogP contribution < -0.4 is 5.56 Å². The van der Waals surface area contributed by atoms with Gasteiger partial charge in [0.05, 0.1) is 35.1 Å². The minimum atomic E-state index is -0.955. The number of aryl methyl sites for hydroxylation is 1. The van der Waals surface area contributed by atoms with Crippen LogP contribution in [0.15, 0.2) is 27.9 Å². The number of halogens is 1. The number of unbranched alkanes of at least 4 members (excludes halogenated alkanes) is 1. The Morgan fingerprint density at radius 3 is 2.76 bits per heavy atom. The second-order valence-electron chi connectivity index (χ2n) is 8.04. The lowest BCUT2D eigenvalue weighted by Crippen LogP contribution is -2.26. The maximum absolute atomic E-state index is 14.6. The molecule has 0 saturated heterocycles. The second kappa shape index (κ2) is 9.62. The van der Waals surface area contributed by atoms with Crippen molar-refractivity contribution in [3.05, 3.63) is 56.6 Å². The lowest BCUT2D eigenvalue weighted by Gasteiger charge is -2.14. The zero-order valence-corrected chi connectivity index (χ0v) is 19.2. The summed E-state index contributed by atoms with van der Waals surface area (Å²) in [5.74, 6) is -0.356. The Hall–Kier alpha value is -2.75. The van der Waals surface area contributed by atoms with Gasteiger partial charge in [-0.25, -0.2) is 9.37 Å². The van der Waals surface area contributed by atoms with Crippen molar-refractivity contribution in [3.8, 4) is 11.4 Å². The van der Waals surface area contributed by atoms with Crippen LogP contribution in [0.1, 0.15) is 48.1 Å². The van der Waals surface area contributed by atoms with Gasteiger partial charge < -0.3 is 19.5 Å². The number of pyridine rings is 2. The van der Waals surface area contributed by atoms with Gasteiger partial charge in [0, 0.05) is 28.5 Å². The van der Waals surface area contributed by atoms with E-state index in [9.17, 15) is 24.2 Å². The summed E-state index contributed by atoms with van der Waals surface area (Å²) in [5.41, 5.74) is 3.71. The molecule has 2 aromatic heterocycles. The van der Waals surface area contributed by atoms with Gasteiger partial charge in [-0.2, -0.15) is 0 Å². The Morgan fingerprint density at radius 1 is 1.30 bits per heavy atom. The Labute approximate surface area is 194 Å². The number of aliphatic hydroxyl groups excluding tert-OH is 2. The number of aromatic nitrogens is 2. The Kier molecular flexibility index (Phi) is 6.83. The van der Waals surface area contributed by atoms with Crippen LogP contribution in [0.25, 0.3) is 22.3 Å². The van der Waals surface area contributed by atoms with E-state index >= 15 is 0 Å². The smallest absolute Gasteiger partial charge is 0.293 e. The third kappa shape index (κ3) is 4.16. The predicted molar refractivity (Wildman–Crippen MR) is 124 cm³/mol. The third-order valence-corrected chi connectivity index (χ3v) is 6.80. The van der Waals surface area contributed by atoms with Crippen molar-refractivity contribution in [1.29, 1.82) is 0 Å². The van der Waals surface area contributed by atoms with Gasteiger partial charge in [0.25, 0.3) is 12.0 Å². The molecule has 1 aliphatic heterocycles. The fourth-order valence-corrected chi connectivity index (χ4v) is 4.95. The summed E-state index contributed by atoms with van der Waals surface area (Å²) in [6.45, 7) is 1.93. The molecule has 0 bridgehead atoms. The van der Waals surface area contributed by atoms with Crippen LogP contribution >= 0.6 is 11.8 Å². The summed E-state index contributed by atoms with van der Waals surface area (Å²) < 4.78 is 21.0. The number of benzene rings is 1. The van der Waals surface area contributed by atoms with Crippen molar-refractivity contribution < 1.29 is 24.1 Å². The number of hydrogen-bond acceptors (Lipinski definition) is 7. The summed E-state index contributed by atoms with van der Waals surface area (Å²) in [4.78, 5) is 29.3. The SMILES string of the molecule is CSc1cc2c(CCCCO)c3c(nc2cc1F)-c1cc(C(C)O)c(COC=O)c(=O)n1C3. The molecule has 2 N–H and O–H groups in total. The van der Waals surface area contributed by atoms with Crippen LogP contribution in [-0.2, 0) is 29.1 Å². The first-order valence-corrected chi connectivity index (χ1v) is 11.9. The molecule has 1 atom stereocenters. The van der Waals surface area contributed by atoms with Crippen molar-refractivity contribution in [2.75, 3.05) is 12.9 Å². The maximum atomic E-state index is 14.6. The molecule has 33 heavy (non-hydrogen) atoms. The van der Waals surface area contributed by atoms with Crippen LogP contribution in [-0.4, -0.2) is 39.1 Å². The van der Waals surface area contributed by atoms with E-state index in [-0.39, 0.29) is 43.2 Å². The van der Waals surface area contributed by atoms with E-state index < -0.39 is 6.10 Å². The van der Waals surface area contributed by atoms with Gasteiger partial charge in [0.2, 0.25) is 0 Å². The van der Waals surface area contributed by atoms with Crippen molar-refractivity contribution in [2.24, 2.45) is 0 Å². The average molecular weight is 473 g/mol. The van der Waals surface area contributed by atoms with Crippen LogP contribution in [0.4, 0.5) is 4.39 Å². The molecule has 1 aliphatic rings. The monoisotopic (exact) mass is 472 g/mol. The molecule has 1 unspecified atom stereocenters. The van der Waals surface area contributed by atoms with Gasteiger partial charge in [-0.3, -0.25) is 9.59 Å². The van der Waals surface area contributed by atoms with Gasteiger partial charge in [0.1, 0.15) is 12.4 Å². The zero-order chi connectivity index (χ0) is 23.7. The predicted octanol–water partition coefficient (Wildman–Crippen LogP) is 3.33. The molecule has 0 fully saturated rings. The van der Waals surface area contributed by atoms with Crippen LogP contribution in [0, 0.1) is 5.82 Å². The number of rotatable bonds is 9. The molecule has 0 spiro atoms. The molecule has 4 rings (SSSR count). The highest BCUT2D eigenvalue weighted by Gasteiger charge is 2.29. The highest BCUT2D eigenvalue weighted by molar-refractivity contribution is 7.98. The van der Waals surface area contributed by atoms with Gasteiger partial charge in [0.15, 0.2) is 0 Å². The lowest BCUT2D eigenvalue weighted by atomic mass is 9.96. The highest BCUT2D eigenvalue weighted by Crippen LogP contribution is 2.39. The van der Waals surface area contributed by atoms with Crippen molar-refractivity contribution in [1.82, 2.24) is 9.55 Å². The molecule has 0 amide bonds. The van der Waals surface area contributed by atoms with Crippen molar-refractivity contribution >= 4 is 29.1 Å². The summed E-state index contributed by atoms with van der Waals surface area (Å²) in [5, 5.41) is 20.4. The van der Waals surface area contributed by atoms with Crippen molar-refractivity contribution in [2.45, 2.75) is 50.3 Å². The second-order valence-corrected chi connectivity index (χ2v) is 8.89. The average Bonchev–Trinajstić information content (AvgIpc) is 3.16. The number of ether oxygens (including phenoxy) is 1. The number of carbonyl (C=O) groups excluding carboxylic acids is 1. The van der Waals surface area contributed by atoms with E-state index in [0.717, 1.165) is 22.9 Å². The molecular weight excluding hydrogens is 447 g/mol. The summed E-state index contributed by atoms with van der Waals surface area (Å²) >= 11 is 1.32. The number of nitrogens with zero attached hydrogens (tertiary/aromatic N) is 2. The summed E-state index contributed by atoms with van der Waals surface area (Å²) in [6, 6.07) is 4.91. The molecule has 0 aliphatic carbocycles. The van der Waals surface area contributed by atoms with E-state index in [1.807, 2.05) is 6.26 Å². The van der Waals surface area contributed by atoms with E-state index in [4.69, 9.17) is 9.72 Å². The molecule has 174 valence electrons. The Bertz CT molecular complexity index is 1290. The largest absolute Gasteiger partial charge is 0.463 e. The Balaban J connectivity index is 1.97. The van der Waals surface area contributed by atoms with Gasteiger partial charge in [-0.05, 0) is 55.7 Å². The standard InChI is InChI=1S/C24H25FN2O5S/c1-13(30)15-7-21-23-17(10-27(21)24(31)18(15)11-32-12-29)14(5-3-4-6-28)16-8-22(33-2)19(25)9-20(16)26-23/h7-9,12-13,28,30H,3-6,10-11H2,1-2H3. The first-order chi connectivity index (χ1) is 15.9. The van der Waals surface area contributed by atoms with Crippen LogP contribution in [0.5, 0.6) is 0 Å². The topological polar surface area (TPSA) is 102 Å². The number of carbonyl (C=O) groups is 1. The number of aliphatic hydroxyl groups is 2. The molecule has 3 aromatic rings. The molecule has 0 radical (unpaired) electrons. The molecule has 3 heterocycles. The van der Waals surface area contributed by atoms with Gasteiger partial charge >= 0.3 is 0 Å². The van der Waals surface area contributed by atoms with Crippen LogP contribution in [0.3, 0.4) is 0 Å². The van der Waals surface area contributed by atoms with E-state index in [1.165, 1.54) is 17.8 Å². The van der Waals surface area contributed by atoms with E-state index in [1.54, 1.807) is 23.6 Å². The minimum absolute atomic E-state index is 0.0768. The summed E-state index contributed by atoms with van der Waals surface area (Å²) in [6.07, 6.45) is 2.86. The number of thioether (sulfide) groups is 1. The number of fused-ring (bicyclic) bond motifs is 4. The molecule has 7 nitrogen and oxygen atoms in total. The number of hydrogen-bond donors (Lipinski definition) is 2. The molecular formula is C24H25FN2O5S. The highest BCUT2D eigenvalue weighted by atomic mass is 32.2. The molecule has 9 heteroatoms. The van der Waals surface area contributed by atoms with Crippen molar-refractivity contribution in [3.63, 3.8) is 0 Å². The maximum Gasteiger partial charge on any atom is 0.293 e. The fourth-order valence-electron chi connectivity index (χ4n) is 4.46. The van der Waals surface area contributed by atoms with Gasteiger partial charge in [-0.15, -0.1) is 11.8 Å². The quantitative estimate of drug-likeness (QED) is 0.219. The Morgan fingerprint density at radius 2 is 2.09 bits per heavy atom. The fraction of sp³-hybridized carbons (Fsp3) is 0.375.